The van der Waals surface area contributed by atoms with Gasteiger partial charge in [-0.15, -0.1) is 0 Å². The monoisotopic (exact) mass is 298 g/mol. The van der Waals surface area contributed by atoms with E-state index in [1.54, 1.807) is 0 Å². The number of nitrogens with one attached hydrogen (secondary N) is 2. The van der Waals surface area contributed by atoms with Crippen LogP contribution in [0.3, 0.4) is 0 Å². The van der Waals surface area contributed by atoms with Crippen molar-refractivity contribution in [2.45, 2.75) is 31.2 Å². The van der Waals surface area contributed by atoms with Gasteiger partial charge >= 0.3 is 0 Å². The summed E-state index contributed by atoms with van der Waals surface area (Å²) < 4.78 is 32.3. The van der Waals surface area contributed by atoms with E-state index in [4.69, 9.17) is 4.74 Å². The Labute approximate surface area is 120 Å². The van der Waals surface area contributed by atoms with Crippen molar-refractivity contribution < 1.29 is 13.2 Å². The van der Waals surface area contributed by atoms with Crippen LogP contribution < -0.4 is 10.0 Å². The molecule has 0 aromatic heterocycles. The summed E-state index contributed by atoms with van der Waals surface area (Å²) in [6.07, 6.45) is 1.50. The van der Waals surface area contributed by atoms with Gasteiger partial charge in [-0.1, -0.05) is 24.3 Å². The molecule has 0 spiro atoms. The van der Waals surface area contributed by atoms with Crippen LogP contribution in [0.4, 0.5) is 0 Å². The number of rotatable bonds is 6. The molecular formula is C14H22N2O3S. The summed E-state index contributed by atoms with van der Waals surface area (Å²) in [6, 6.07) is 7.67. The Morgan fingerprint density at radius 3 is 2.65 bits per heavy atom. The van der Waals surface area contributed by atoms with Crippen LogP contribution in [0.25, 0.3) is 0 Å². The first-order valence-corrected chi connectivity index (χ1v) is 8.54. The molecule has 112 valence electrons. The molecule has 2 N–H and O–H groups in total. The number of hydrogen-bond acceptors (Lipinski definition) is 4. The van der Waals surface area contributed by atoms with Gasteiger partial charge in [-0.25, -0.2) is 13.1 Å². The molecule has 0 unspecified atom stereocenters. The minimum Gasteiger partial charge on any atom is -0.381 e. The van der Waals surface area contributed by atoms with Gasteiger partial charge in [0.2, 0.25) is 10.0 Å². The van der Waals surface area contributed by atoms with Gasteiger partial charge in [-0.05, 0) is 31.0 Å². The first-order chi connectivity index (χ1) is 9.59. The Hall–Kier alpha value is -0.950. The summed E-state index contributed by atoms with van der Waals surface area (Å²) >= 11 is 0. The van der Waals surface area contributed by atoms with E-state index in [1.807, 2.05) is 31.3 Å². The number of hydrogen-bond donors (Lipinski definition) is 2. The van der Waals surface area contributed by atoms with Gasteiger partial charge in [-0.3, -0.25) is 0 Å². The lowest BCUT2D eigenvalue weighted by Crippen LogP contribution is -2.39. The Morgan fingerprint density at radius 1 is 1.25 bits per heavy atom. The van der Waals surface area contributed by atoms with E-state index in [0.717, 1.165) is 30.5 Å². The van der Waals surface area contributed by atoms with Crippen LogP contribution in [0.5, 0.6) is 0 Å². The Bertz CT molecular complexity index is 525. The van der Waals surface area contributed by atoms with E-state index in [-0.39, 0.29) is 11.8 Å². The highest BCUT2D eigenvalue weighted by atomic mass is 32.2. The van der Waals surface area contributed by atoms with E-state index in [2.05, 4.69) is 10.0 Å². The van der Waals surface area contributed by atoms with Crippen molar-refractivity contribution in [1.82, 2.24) is 10.0 Å². The molecule has 1 aliphatic heterocycles. The average molecular weight is 298 g/mol. The highest BCUT2D eigenvalue weighted by Gasteiger charge is 2.20. The van der Waals surface area contributed by atoms with Crippen LogP contribution in [0, 0.1) is 0 Å². The first-order valence-electron chi connectivity index (χ1n) is 6.89. The van der Waals surface area contributed by atoms with E-state index in [9.17, 15) is 8.42 Å². The van der Waals surface area contributed by atoms with Crippen LogP contribution in [0.1, 0.15) is 24.0 Å². The summed E-state index contributed by atoms with van der Waals surface area (Å²) in [7, 11) is -1.42. The van der Waals surface area contributed by atoms with Gasteiger partial charge in [0.05, 0.1) is 5.75 Å². The second kappa shape index (κ2) is 7.17. The molecule has 20 heavy (non-hydrogen) atoms. The summed E-state index contributed by atoms with van der Waals surface area (Å²) in [4.78, 5) is 0. The maximum Gasteiger partial charge on any atom is 0.216 e. The van der Waals surface area contributed by atoms with Gasteiger partial charge in [0, 0.05) is 25.8 Å². The van der Waals surface area contributed by atoms with Crippen molar-refractivity contribution in [2.24, 2.45) is 0 Å². The second-order valence-electron chi connectivity index (χ2n) is 5.11. The fraction of sp³-hybridized carbons (Fsp3) is 0.571. The molecule has 0 aliphatic carbocycles. The van der Waals surface area contributed by atoms with Gasteiger partial charge in [0.25, 0.3) is 0 Å². The van der Waals surface area contributed by atoms with Crippen LogP contribution in [-0.2, 0) is 27.1 Å². The highest BCUT2D eigenvalue weighted by molar-refractivity contribution is 7.88. The van der Waals surface area contributed by atoms with Gasteiger partial charge in [0.1, 0.15) is 0 Å². The number of ether oxygens (including phenoxy) is 1. The Kier molecular flexibility index (Phi) is 5.54. The SMILES string of the molecule is CNCc1cccc(CS(=O)(=O)NC2CCOCC2)c1. The fourth-order valence-corrected chi connectivity index (χ4v) is 3.81. The zero-order valence-electron chi connectivity index (χ0n) is 11.8. The summed E-state index contributed by atoms with van der Waals surface area (Å²) in [5, 5.41) is 3.06. The van der Waals surface area contributed by atoms with E-state index in [0.29, 0.717) is 13.2 Å². The minimum absolute atomic E-state index is 0.00856. The molecule has 1 aromatic carbocycles. The lowest BCUT2D eigenvalue weighted by Gasteiger charge is -2.23. The first kappa shape index (κ1) is 15.4. The van der Waals surface area contributed by atoms with Crippen molar-refractivity contribution in [3.8, 4) is 0 Å². The third-order valence-electron chi connectivity index (χ3n) is 3.30. The van der Waals surface area contributed by atoms with Gasteiger partial charge < -0.3 is 10.1 Å². The molecule has 5 nitrogen and oxygen atoms in total. The summed E-state index contributed by atoms with van der Waals surface area (Å²) in [5.41, 5.74) is 1.91. The predicted molar refractivity (Wildman–Crippen MR) is 78.8 cm³/mol. The lowest BCUT2D eigenvalue weighted by molar-refractivity contribution is 0.0832. The van der Waals surface area contributed by atoms with Crippen LogP contribution >= 0.6 is 0 Å². The molecule has 2 rings (SSSR count). The largest absolute Gasteiger partial charge is 0.381 e. The molecule has 1 heterocycles. The molecule has 0 atom stereocenters. The average Bonchev–Trinajstić information content (AvgIpc) is 2.39. The Balaban J connectivity index is 1.98. The standard InChI is InChI=1S/C14H22N2O3S/c1-15-10-12-3-2-4-13(9-12)11-20(17,18)16-14-5-7-19-8-6-14/h2-4,9,14-16H,5-8,10-11H2,1H3. The highest BCUT2D eigenvalue weighted by Crippen LogP contribution is 2.12. The van der Waals surface area contributed by atoms with E-state index >= 15 is 0 Å². The molecule has 6 heteroatoms. The summed E-state index contributed by atoms with van der Waals surface area (Å²) in [5.74, 6) is 0.0297. The number of sulfonamides is 1. The topological polar surface area (TPSA) is 67.4 Å². The zero-order chi connectivity index (χ0) is 14.4. The molecule has 0 radical (unpaired) electrons. The van der Waals surface area contributed by atoms with Gasteiger partial charge in [0.15, 0.2) is 0 Å². The third kappa shape index (κ3) is 4.86. The summed E-state index contributed by atoms with van der Waals surface area (Å²) in [6.45, 7) is 2.00. The molecule has 0 amide bonds. The van der Waals surface area contributed by atoms with Crippen molar-refractivity contribution in [1.29, 1.82) is 0 Å². The van der Waals surface area contributed by atoms with Crippen molar-refractivity contribution >= 4 is 10.0 Å². The molecule has 1 aliphatic rings. The quantitative estimate of drug-likeness (QED) is 0.822. The fourth-order valence-electron chi connectivity index (χ4n) is 2.36. The second-order valence-corrected chi connectivity index (χ2v) is 6.87. The van der Waals surface area contributed by atoms with Crippen molar-refractivity contribution in [3.05, 3.63) is 35.4 Å². The maximum absolute atomic E-state index is 12.2. The van der Waals surface area contributed by atoms with Gasteiger partial charge in [-0.2, -0.15) is 0 Å². The normalized spacial score (nSPS) is 17.2. The van der Waals surface area contributed by atoms with Crippen LogP contribution in [-0.4, -0.2) is 34.7 Å². The molecule has 1 saturated heterocycles. The van der Waals surface area contributed by atoms with Crippen molar-refractivity contribution in [3.63, 3.8) is 0 Å². The van der Waals surface area contributed by atoms with E-state index < -0.39 is 10.0 Å². The zero-order valence-corrected chi connectivity index (χ0v) is 12.6. The maximum atomic E-state index is 12.2. The van der Waals surface area contributed by atoms with Crippen LogP contribution in [0.2, 0.25) is 0 Å². The lowest BCUT2D eigenvalue weighted by atomic mass is 10.1. The van der Waals surface area contributed by atoms with Crippen molar-refractivity contribution in [2.75, 3.05) is 20.3 Å². The Morgan fingerprint density at radius 2 is 1.95 bits per heavy atom. The molecule has 0 saturated carbocycles. The molecule has 0 bridgehead atoms. The minimum atomic E-state index is -3.29. The molecule has 1 aromatic rings. The molecular weight excluding hydrogens is 276 g/mol. The molecule has 1 fully saturated rings. The smallest absolute Gasteiger partial charge is 0.216 e. The number of benzene rings is 1. The van der Waals surface area contributed by atoms with Crippen LogP contribution in [0.15, 0.2) is 24.3 Å². The van der Waals surface area contributed by atoms with E-state index in [1.165, 1.54) is 0 Å². The predicted octanol–water partition coefficient (Wildman–Crippen LogP) is 1.00. The third-order valence-corrected chi connectivity index (χ3v) is 4.70.